The fourth-order valence-electron chi connectivity index (χ4n) is 3.32. The van der Waals surface area contributed by atoms with E-state index < -0.39 is 0 Å². The largest absolute Gasteiger partial charge is 0.508 e. The van der Waals surface area contributed by atoms with E-state index in [1.54, 1.807) is 60.7 Å². The smallest absolute Gasteiger partial charge is 0.347 e. The van der Waals surface area contributed by atoms with E-state index in [9.17, 15) is 15.0 Å². The summed E-state index contributed by atoms with van der Waals surface area (Å²) in [4.78, 5) is 10.1. The molecule has 0 fully saturated rings. The molecule has 3 aromatic carbocycles. The van der Waals surface area contributed by atoms with Crippen molar-refractivity contribution >= 4 is 21.9 Å². The third-order valence-electron chi connectivity index (χ3n) is 4.66. The first-order valence-electron chi connectivity index (χ1n) is 8.69. The Bertz CT molecular complexity index is 1270. The number of hydrogen-bond acceptors (Lipinski definition) is 4. The van der Waals surface area contributed by atoms with Crippen molar-refractivity contribution in [2.24, 2.45) is 0 Å². The van der Waals surface area contributed by atoms with Crippen LogP contribution in [0, 0.1) is 0 Å². The van der Waals surface area contributed by atoms with Gasteiger partial charge in [0.1, 0.15) is 34.2 Å². The predicted octanol–water partition coefficient (Wildman–Crippen LogP) is 4.93. The van der Waals surface area contributed by atoms with Crippen LogP contribution in [0.15, 0.2) is 81.6 Å². The Morgan fingerprint density at radius 1 is 0.607 bits per heavy atom. The molecule has 5 heteroatoms. The van der Waals surface area contributed by atoms with Crippen molar-refractivity contribution in [2.45, 2.75) is 0 Å². The van der Waals surface area contributed by atoms with Crippen molar-refractivity contribution in [3.63, 3.8) is 0 Å². The van der Waals surface area contributed by atoms with Gasteiger partial charge in [0.2, 0.25) is 0 Å². The molecule has 0 bridgehead atoms. The van der Waals surface area contributed by atoms with Gasteiger partial charge in [-0.2, -0.15) is 0 Å². The second-order valence-corrected chi connectivity index (χ2v) is 6.59. The van der Waals surface area contributed by atoms with Crippen LogP contribution in [0.3, 0.4) is 0 Å². The molecule has 0 aliphatic rings. The molecule has 0 spiro atoms. The second-order valence-electron chi connectivity index (χ2n) is 6.59. The molecule has 0 amide bonds. The minimum absolute atomic E-state index is 0.0343. The van der Waals surface area contributed by atoms with Crippen LogP contribution in [0.1, 0.15) is 0 Å². The topological polar surface area (TPSA) is 88.1 Å². The van der Waals surface area contributed by atoms with E-state index in [2.05, 4.69) is 0 Å². The van der Waals surface area contributed by atoms with Crippen LogP contribution in [0.4, 0.5) is 0 Å². The molecule has 0 aliphatic carbocycles. The normalized spacial score (nSPS) is 11.3. The maximum absolute atomic E-state index is 10.1. The first-order valence-corrected chi connectivity index (χ1v) is 8.69. The Labute approximate surface area is 158 Å². The van der Waals surface area contributed by atoms with Gasteiger partial charge in [0.05, 0.1) is 17.5 Å². The van der Waals surface area contributed by atoms with Crippen LogP contribution in [0.5, 0.6) is 11.5 Å². The summed E-state index contributed by atoms with van der Waals surface area (Å²) >= 11 is 0. The minimum Gasteiger partial charge on any atom is -0.508 e. The number of phenols is 2. The summed E-state index contributed by atoms with van der Waals surface area (Å²) in [7, 11) is 0. The summed E-state index contributed by atoms with van der Waals surface area (Å²) in [5.74, 6) is 1.55. The fourth-order valence-corrected chi connectivity index (χ4v) is 3.32. The minimum atomic E-state index is 0.0343. The summed E-state index contributed by atoms with van der Waals surface area (Å²) in [6, 6.07) is 20.3. The molecule has 3 N–H and O–H groups in total. The fraction of sp³-hybridized carbons (Fsp3) is 0. The van der Waals surface area contributed by atoms with Gasteiger partial charge in [-0.15, -0.1) is 0 Å². The van der Waals surface area contributed by atoms with Crippen LogP contribution in [-0.4, -0.2) is 15.0 Å². The lowest BCUT2D eigenvalue weighted by molar-refractivity contribution is 0.475. The lowest BCUT2D eigenvalue weighted by atomic mass is 10.0. The molecule has 2 heterocycles. The monoisotopic (exact) mass is 371 g/mol. The van der Waals surface area contributed by atoms with Crippen LogP contribution >= 0.6 is 0 Å². The van der Waals surface area contributed by atoms with E-state index in [1.807, 2.05) is 12.1 Å². The van der Waals surface area contributed by atoms with Crippen LogP contribution in [0.25, 0.3) is 44.6 Å². The van der Waals surface area contributed by atoms with E-state index in [4.69, 9.17) is 8.83 Å². The van der Waals surface area contributed by atoms with E-state index in [-0.39, 0.29) is 16.9 Å². The Hall–Kier alpha value is -3.99. The summed E-state index contributed by atoms with van der Waals surface area (Å²) in [6.07, 6.45) is 0. The van der Waals surface area contributed by atoms with E-state index in [0.29, 0.717) is 22.7 Å². The molecule has 0 saturated carbocycles. The van der Waals surface area contributed by atoms with Gasteiger partial charge in [-0.1, -0.05) is 0 Å². The molecule has 0 atom stereocenters. The Kier molecular flexibility index (Phi) is 3.49. The highest BCUT2D eigenvalue weighted by atomic mass is 16.3. The van der Waals surface area contributed by atoms with Gasteiger partial charge in [-0.05, 0) is 66.0 Å². The maximum Gasteiger partial charge on any atom is 0.347 e. The lowest BCUT2D eigenvalue weighted by Gasteiger charge is -2.10. The van der Waals surface area contributed by atoms with E-state index >= 15 is 0 Å². The van der Waals surface area contributed by atoms with Gasteiger partial charge in [-0.25, -0.2) is 0 Å². The maximum atomic E-state index is 10.1. The summed E-state index contributed by atoms with van der Waals surface area (Å²) < 4.78 is 12.0. The average Bonchev–Trinajstić information content (AvgIpc) is 2.68. The molecule has 0 saturated heterocycles. The van der Waals surface area contributed by atoms with Gasteiger partial charge < -0.3 is 19.0 Å². The highest BCUT2D eigenvalue weighted by molar-refractivity contribution is 6.07. The highest BCUT2D eigenvalue weighted by Crippen LogP contribution is 2.35. The second kappa shape index (κ2) is 6.03. The zero-order chi connectivity index (χ0) is 19.3. The molecule has 2 aromatic heterocycles. The van der Waals surface area contributed by atoms with Crippen molar-refractivity contribution in [3.05, 3.63) is 78.2 Å². The van der Waals surface area contributed by atoms with Crippen LogP contribution < -0.4 is 5.43 Å². The molecular weight excluding hydrogens is 356 g/mol. The molecular formula is C23H15O5+. The molecule has 0 aliphatic heterocycles. The zero-order valence-electron chi connectivity index (χ0n) is 14.6. The molecule has 28 heavy (non-hydrogen) atoms. The average molecular weight is 371 g/mol. The number of rotatable bonds is 2. The SMILES string of the molecule is Oc1ccc(-c2cc3cc(-c4ccc(O)cc4)oc4cc(=[OH+])cc(o2)c34)cc1. The van der Waals surface area contributed by atoms with Crippen molar-refractivity contribution < 1.29 is 23.8 Å². The van der Waals surface area contributed by atoms with Gasteiger partial charge >= 0.3 is 5.43 Å². The Morgan fingerprint density at radius 3 is 1.46 bits per heavy atom. The van der Waals surface area contributed by atoms with Crippen molar-refractivity contribution in [1.29, 1.82) is 0 Å². The van der Waals surface area contributed by atoms with Crippen molar-refractivity contribution in [2.75, 3.05) is 0 Å². The number of phenolic OH excluding ortho intramolecular Hbond substituents is 2. The molecule has 0 radical (unpaired) electrons. The van der Waals surface area contributed by atoms with Crippen LogP contribution in [-0.2, 0) is 0 Å². The predicted molar refractivity (Wildman–Crippen MR) is 105 cm³/mol. The van der Waals surface area contributed by atoms with Gasteiger partial charge in [-0.3, -0.25) is 4.79 Å². The Morgan fingerprint density at radius 2 is 1.04 bits per heavy atom. The Balaban J connectivity index is 1.81. The molecule has 5 rings (SSSR count). The molecule has 136 valence electrons. The summed E-state index contributed by atoms with van der Waals surface area (Å²) in [6.45, 7) is 0. The van der Waals surface area contributed by atoms with Crippen LogP contribution in [0.2, 0.25) is 0 Å². The quantitative estimate of drug-likeness (QED) is 0.431. The first kappa shape index (κ1) is 16.2. The third kappa shape index (κ3) is 2.70. The van der Waals surface area contributed by atoms with E-state index in [1.165, 1.54) is 0 Å². The standard InChI is InChI=1S/C23H14O5/c24-16-5-1-13(2-6-16)19-9-15-10-20(14-3-7-17(25)8-4-14)28-22-12-18(26)11-21(27-19)23(15)22/h1-12,24-25H/p+1. The first-order chi connectivity index (χ1) is 13.6. The third-order valence-corrected chi connectivity index (χ3v) is 4.66. The van der Waals surface area contributed by atoms with Gasteiger partial charge in [0, 0.05) is 11.1 Å². The number of hydrogen-bond donors (Lipinski definition) is 2. The van der Waals surface area contributed by atoms with E-state index in [0.717, 1.165) is 21.9 Å². The molecule has 5 aromatic rings. The molecule has 5 nitrogen and oxygen atoms in total. The summed E-state index contributed by atoms with van der Waals surface area (Å²) in [5, 5.41) is 20.7. The van der Waals surface area contributed by atoms with Gasteiger partial charge in [0.15, 0.2) is 0 Å². The number of benzene rings is 3. The highest BCUT2D eigenvalue weighted by Gasteiger charge is 2.15. The van der Waals surface area contributed by atoms with Crippen molar-refractivity contribution in [1.82, 2.24) is 0 Å². The summed E-state index contributed by atoms with van der Waals surface area (Å²) in [5.41, 5.74) is 2.62. The van der Waals surface area contributed by atoms with Crippen molar-refractivity contribution in [3.8, 4) is 34.1 Å². The van der Waals surface area contributed by atoms with Gasteiger partial charge in [0.25, 0.3) is 0 Å². The lowest BCUT2D eigenvalue weighted by Crippen LogP contribution is -1.99. The zero-order valence-corrected chi connectivity index (χ0v) is 14.6. The number of aromatic hydroxyl groups is 2. The molecule has 0 unspecified atom stereocenters.